The molecule has 2 aromatic rings. The molecule has 2 nitrogen and oxygen atoms in total. The number of alkyl halides is 9. The zero-order chi connectivity index (χ0) is 23.5. The third kappa shape index (κ3) is 4.80. The largest absolute Gasteiger partial charge is 0.460 e. The lowest BCUT2D eigenvalue weighted by atomic mass is 9.88. The molecule has 31 heavy (non-hydrogen) atoms. The lowest BCUT2D eigenvalue weighted by Gasteiger charge is -2.32. The van der Waals surface area contributed by atoms with Gasteiger partial charge in [0.1, 0.15) is 0 Å². The van der Waals surface area contributed by atoms with Crippen LogP contribution in [-0.2, 0) is 4.79 Å². The number of hydrogen-bond donors (Lipinski definition) is 1. The van der Waals surface area contributed by atoms with Crippen LogP contribution >= 0.6 is 0 Å². The Morgan fingerprint density at radius 2 is 1.13 bits per heavy atom. The summed E-state index contributed by atoms with van der Waals surface area (Å²) >= 11 is 0. The first-order valence-corrected chi connectivity index (χ1v) is 8.82. The predicted molar refractivity (Wildman–Crippen MR) is 93.2 cm³/mol. The fourth-order valence-electron chi connectivity index (χ4n) is 2.86. The summed E-state index contributed by atoms with van der Waals surface area (Å²) in [6, 6.07) is 16.9. The Hall–Kier alpha value is -2.72. The Morgan fingerprint density at radius 1 is 0.710 bits per heavy atom. The summed E-state index contributed by atoms with van der Waals surface area (Å²) in [7, 11) is 0. The first-order valence-electron chi connectivity index (χ1n) is 8.82. The summed E-state index contributed by atoms with van der Waals surface area (Å²) in [6.45, 7) is -0.684. The van der Waals surface area contributed by atoms with E-state index in [2.05, 4.69) is 0 Å². The maximum Gasteiger partial charge on any atom is 0.460 e. The Kier molecular flexibility index (Phi) is 6.97. The molecule has 0 spiro atoms. The number of carbonyl (C=O) groups is 1. The number of benzene rings is 2. The maximum atomic E-state index is 13.6. The van der Waals surface area contributed by atoms with Gasteiger partial charge in [-0.15, -0.1) is 0 Å². The van der Waals surface area contributed by atoms with E-state index < -0.39 is 42.3 Å². The molecule has 11 heteroatoms. The average Bonchev–Trinajstić information content (AvgIpc) is 2.71. The van der Waals surface area contributed by atoms with Crippen molar-refractivity contribution >= 4 is 5.91 Å². The molecule has 0 aliphatic rings. The summed E-state index contributed by atoms with van der Waals surface area (Å²) in [5.41, 5.74) is 1.37. The van der Waals surface area contributed by atoms with E-state index in [-0.39, 0.29) is 6.42 Å². The number of rotatable bonds is 8. The van der Waals surface area contributed by atoms with E-state index in [1.54, 1.807) is 60.7 Å². The van der Waals surface area contributed by atoms with Gasteiger partial charge >= 0.3 is 23.9 Å². The highest BCUT2D eigenvalue weighted by Gasteiger charge is 2.83. The van der Waals surface area contributed by atoms with Crippen LogP contribution in [0.2, 0.25) is 0 Å². The third-order valence-corrected chi connectivity index (χ3v) is 4.55. The van der Waals surface area contributed by atoms with E-state index in [9.17, 15) is 44.3 Å². The van der Waals surface area contributed by atoms with E-state index in [0.29, 0.717) is 11.1 Å². The summed E-state index contributed by atoms with van der Waals surface area (Å²) in [6.07, 6.45) is -7.09. The van der Waals surface area contributed by atoms with Crippen molar-refractivity contribution in [3.05, 3.63) is 71.8 Å². The maximum absolute atomic E-state index is 13.6. The van der Waals surface area contributed by atoms with Gasteiger partial charge in [-0.25, -0.2) is 0 Å². The molecule has 2 rings (SSSR count). The second kappa shape index (κ2) is 8.80. The van der Waals surface area contributed by atoms with Gasteiger partial charge in [0, 0.05) is 12.5 Å². The van der Waals surface area contributed by atoms with Crippen LogP contribution in [0.15, 0.2) is 60.7 Å². The molecule has 0 unspecified atom stereocenters. The molecule has 0 saturated carbocycles. The van der Waals surface area contributed by atoms with Gasteiger partial charge in [-0.1, -0.05) is 60.7 Å². The van der Waals surface area contributed by atoms with Crippen LogP contribution in [0.1, 0.15) is 23.5 Å². The number of halogens is 9. The normalized spacial score (nSPS) is 13.4. The molecule has 0 atom stereocenters. The fraction of sp³-hybridized carbons (Fsp3) is 0.350. The zero-order valence-electron chi connectivity index (χ0n) is 15.6. The zero-order valence-corrected chi connectivity index (χ0v) is 15.6. The second-order valence-electron chi connectivity index (χ2n) is 6.64. The Balaban J connectivity index is 2.16. The summed E-state index contributed by atoms with van der Waals surface area (Å²) in [4.78, 5) is 11.5. The van der Waals surface area contributed by atoms with Crippen LogP contribution in [0.4, 0.5) is 39.5 Å². The first kappa shape index (κ1) is 24.5. The summed E-state index contributed by atoms with van der Waals surface area (Å²) < 4.78 is 116. The number of carbonyl (C=O) groups excluding carboxylic acids is 1. The van der Waals surface area contributed by atoms with Gasteiger partial charge in [-0.3, -0.25) is 4.79 Å². The van der Waals surface area contributed by atoms with Gasteiger partial charge in [0.25, 0.3) is 5.91 Å². The van der Waals surface area contributed by atoms with Crippen molar-refractivity contribution in [1.82, 2.24) is 5.32 Å². The Morgan fingerprint density at radius 3 is 1.52 bits per heavy atom. The molecule has 1 amide bonds. The monoisotopic (exact) mass is 457 g/mol. The van der Waals surface area contributed by atoms with E-state index in [1.165, 1.54) is 5.32 Å². The van der Waals surface area contributed by atoms with E-state index in [1.807, 2.05) is 0 Å². The first-order chi connectivity index (χ1) is 14.2. The topological polar surface area (TPSA) is 29.1 Å². The molecule has 2 aromatic carbocycles. The molecule has 0 radical (unpaired) electrons. The van der Waals surface area contributed by atoms with Crippen LogP contribution < -0.4 is 5.32 Å². The van der Waals surface area contributed by atoms with Crippen molar-refractivity contribution < 1.29 is 44.3 Å². The van der Waals surface area contributed by atoms with Gasteiger partial charge in [0.15, 0.2) is 0 Å². The predicted octanol–water partition coefficient (Wildman–Crippen LogP) is 5.79. The molecule has 0 fully saturated rings. The fourth-order valence-corrected chi connectivity index (χ4v) is 2.86. The van der Waals surface area contributed by atoms with Gasteiger partial charge < -0.3 is 5.32 Å². The minimum atomic E-state index is -7.11. The van der Waals surface area contributed by atoms with Crippen molar-refractivity contribution in [1.29, 1.82) is 0 Å². The molecule has 0 bridgehead atoms. The summed E-state index contributed by atoms with van der Waals surface area (Å²) in [5, 5.41) is 1.35. The molecule has 170 valence electrons. The van der Waals surface area contributed by atoms with E-state index in [0.717, 1.165) is 0 Å². The molecule has 0 heterocycles. The number of amides is 1. The molecular weight excluding hydrogens is 441 g/mol. The molecule has 0 aromatic heterocycles. The van der Waals surface area contributed by atoms with Crippen LogP contribution in [0, 0.1) is 0 Å². The highest BCUT2D eigenvalue weighted by Crippen LogP contribution is 2.53. The highest BCUT2D eigenvalue weighted by atomic mass is 19.4. The van der Waals surface area contributed by atoms with Crippen LogP contribution in [0.5, 0.6) is 0 Å². The molecule has 0 saturated heterocycles. The van der Waals surface area contributed by atoms with Crippen LogP contribution in [-0.4, -0.2) is 36.4 Å². The van der Waals surface area contributed by atoms with Crippen molar-refractivity contribution in [2.24, 2.45) is 0 Å². The SMILES string of the molecule is O=C(NCCC(c1ccccc1)c1ccccc1)C(F)(F)C(F)(F)C(F)(F)C(F)(F)F. The Bertz CT molecular complexity index is 828. The highest BCUT2D eigenvalue weighted by molar-refractivity contribution is 5.84. The Labute approximate surface area is 171 Å². The van der Waals surface area contributed by atoms with Crippen LogP contribution in [0.25, 0.3) is 0 Å². The minimum absolute atomic E-state index is 0.114. The molecule has 1 N–H and O–H groups in total. The lowest BCUT2D eigenvalue weighted by molar-refractivity contribution is -0.388. The van der Waals surface area contributed by atoms with Crippen molar-refractivity contribution in [2.75, 3.05) is 6.54 Å². The van der Waals surface area contributed by atoms with Gasteiger partial charge in [0.2, 0.25) is 0 Å². The molecule has 0 aliphatic heterocycles. The lowest BCUT2D eigenvalue weighted by Crippen LogP contribution is -2.65. The number of hydrogen-bond acceptors (Lipinski definition) is 1. The van der Waals surface area contributed by atoms with E-state index >= 15 is 0 Å². The van der Waals surface area contributed by atoms with Crippen molar-refractivity contribution in [3.8, 4) is 0 Å². The van der Waals surface area contributed by atoms with Gasteiger partial charge in [-0.05, 0) is 17.5 Å². The quantitative estimate of drug-likeness (QED) is 0.500. The van der Waals surface area contributed by atoms with Crippen molar-refractivity contribution in [3.63, 3.8) is 0 Å². The van der Waals surface area contributed by atoms with E-state index in [4.69, 9.17) is 0 Å². The molecular formula is C20H16F9NO. The standard InChI is InChI=1S/C20H16F9NO/c21-17(22,18(23,24)19(25,26)20(27,28)29)16(31)30-12-11-15(13-7-3-1-4-8-13)14-9-5-2-6-10-14/h1-10,15H,11-12H2,(H,30,31). The van der Waals surface area contributed by atoms with Crippen LogP contribution in [0.3, 0.4) is 0 Å². The minimum Gasteiger partial charge on any atom is -0.351 e. The summed E-state index contributed by atoms with van der Waals surface area (Å²) in [5.74, 6) is -23.8. The van der Waals surface area contributed by atoms with Gasteiger partial charge in [-0.2, -0.15) is 39.5 Å². The third-order valence-electron chi connectivity index (χ3n) is 4.55. The second-order valence-corrected chi connectivity index (χ2v) is 6.64. The molecule has 0 aliphatic carbocycles. The average molecular weight is 457 g/mol. The van der Waals surface area contributed by atoms with Crippen molar-refractivity contribution in [2.45, 2.75) is 36.3 Å². The van der Waals surface area contributed by atoms with Gasteiger partial charge in [0.05, 0.1) is 0 Å². The number of nitrogens with one attached hydrogen (secondary N) is 1. The smallest absolute Gasteiger partial charge is 0.351 e.